The van der Waals surface area contributed by atoms with Gasteiger partial charge in [-0.15, -0.1) is 0 Å². The highest BCUT2D eigenvalue weighted by Crippen LogP contribution is 2.24. The third-order valence-corrected chi connectivity index (χ3v) is 3.61. The van der Waals surface area contributed by atoms with E-state index in [0.29, 0.717) is 10.8 Å². The van der Waals surface area contributed by atoms with Gasteiger partial charge in [0.25, 0.3) is 0 Å². The number of hydrogen-bond acceptors (Lipinski definition) is 3. The molecule has 0 saturated heterocycles. The van der Waals surface area contributed by atoms with Crippen LogP contribution in [-0.4, -0.2) is 16.9 Å². The van der Waals surface area contributed by atoms with Crippen molar-refractivity contribution < 1.29 is 4.79 Å². The van der Waals surface area contributed by atoms with Gasteiger partial charge in [-0.2, -0.15) is 0 Å². The van der Waals surface area contributed by atoms with Crippen molar-refractivity contribution in [1.29, 1.82) is 0 Å². The first-order valence-corrected chi connectivity index (χ1v) is 6.72. The lowest BCUT2D eigenvalue weighted by Crippen LogP contribution is -2.37. The zero-order chi connectivity index (χ0) is 13.0. The number of amides is 1. The van der Waals surface area contributed by atoms with E-state index >= 15 is 0 Å². The quantitative estimate of drug-likeness (QED) is 0.639. The molecule has 1 aliphatic carbocycles. The van der Waals surface area contributed by atoms with Crippen LogP contribution in [0.4, 0.5) is 5.69 Å². The molecule has 5 heteroatoms. The molecule has 1 saturated carbocycles. The topological polar surface area (TPSA) is 68.0 Å². The van der Waals surface area contributed by atoms with Gasteiger partial charge >= 0.3 is 0 Å². The Hall–Kier alpha value is -1.13. The standard InChI is InChI=1S/C13H18ClN3O/c14-12-8-9(6-7-16-12)17-13(18)10-4-2-1-3-5-11(10)15/h6-8,10-11H,1-5,15H2,(H,16,17,18). The lowest BCUT2D eigenvalue weighted by atomic mass is 9.94. The molecule has 2 unspecified atom stereocenters. The number of carbonyl (C=O) groups excluding carboxylic acids is 1. The Morgan fingerprint density at radius 2 is 2.17 bits per heavy atom. The fourth-order valence-electron chi connectivity index (χ4n) is 2.38. The number of carbonyl (C=O) groups is 1. The molecule has 1 aromatic heterocycles. The zero-order valence-corrected chi connectivity index (χ0v) is 11.0. The highest BCUT2D eigenvalue weighted by Gasteiger charge is 2.26. The average molecular weight is 268 g/mol. The molecule has 0 aromatic carbocycles. The van der Waals surface area contributed by atoms with Gasteiger partial charge in [-0.05, 0) is 25.0 Å². The van der Waals surface area contributed by atoms with E-state index in [-0.39, 0.29) is 17.9 Å². The smallest absolute Gasteiger partial charge is 0.229 e. The Labute approximate surface area is 112 Å². The molecular formula is C13H18ClN3O. The van der Waals surface area contributed by atoms with E-state index in [4.69, 9.17) is 17.3 Å². The Bertz CT molecular complexity index is 424. The van der Waals surface area contributed by atoms with Gasteiger partial charge in [0, 0.05) is 17.9 Å². The van der Waals surface area contributed by atoms with E-state index in [1.165, 1.54) is 6.42 Å². The van der Waals surface area contributed by atoms with Gasteiger partial charge < -0.3 is 11.1 Å². The molecule has 1 aliphatic rings. The molecule has 18 heavy (non-hydrogen) atoms. The molecule has 2 rings (SSSR count). The predicted octanol–water partition coefficient (Wildman–Crippen LogP) is 2.58. The summed E-state index contributed by atoms with van der Waals surface area (Å²) < 4.78 is 0. The average Bonchev–Trinajstić information content (AvgIpc) is 2.54. The second kappa shape index (κ2) is 6.16. The highest BCUT2D eigenvalue weighted by atomic mass is 35.5. The number of nitrogens with two attached hydrogens (primary N) is 1. The maximum absolute atomic E-state index is 12.2. The van der Waals surface area contributed by atoms with Crippen LogP contribution in [0.1, 0.15) is 32.1 Å². The second-order valence-corrected chi connectivity index (χ2v) is 5.15. The van der Waals surface area contributed by atoms with E-state index in [9.17, 15) is 4.79 Å². The molecule has 1 aromatic rings. The van der Waals surface area contributed by atoms with E-state index in [1.54, 1.807) is 18.3 Å². The summed E-state index contributed by atoms with van der Waals surface area (Å²) in [5, 5.41) is 3.24. The van der Waals surface area contributed by atoms with Crippen molar-refractivity contribution in [3.63, 3.8) is 0 Å². The maximum atomic E-state index is 12.2. The predicted molar refractivity (Wildman–Crippen MR) is 72.4 cm³/mol. The number of aromatic nitrogens is 1. The fourth-order valence-corrected chi connectivity index (χ4v) is 2.55. The van der Waals surface area contributed by atoms with Crippen molar-refractivity contribution in [3.05, 3.63) is 23.5 Å². The summed E-state index contributed by atoms with van der Waals surface area (Å²) in [6, 6.07) is 3.33. The molecule has 1 heterocycles. The van der Waals surface area contributed by atoms with Crippen LogP contribution < -0.4 is 11.1 Å². The fraction of sp³-hybridized carbons (Fsp3) is 0.538. The zero-order valence-electron chi connectivity index (χ0n) is 10.2. The van der Waals surface area contributed by atoms with Crippen molar-refractivity contribution in [2.75, 3.05) is 5.32 Å². The number of nitrogens with zero attached hydrogens (tertiary/aromatic N) is 1. The minimum atomic E-state index is -0.0977. The summed E-state index contributed by atoms with van der Waals surface area (Å²) in [4.78, 5) is 16.1. The Kier molecular flexibility index (Phi) is 4.55. The number of rotatable bonds is 2. The summed E-state index contributed by atoms with van der Waals surface area (Å²) in [5.74, 6) is -0.105. The van der Waals surface area contributed by atoms with Crippen molar-refractivity contribution in [1.82, 2.24) is 4.98 Å². The minimum absolute atomic E-state index is 0.00772. The Morgan fingerprint density at radius 3 is 2.94 bits per heavy atom. The van der Waals surface area contributed by atoms with Crippen LogP contribution in [0.25, 0.3) is 0 Å². The van der Waals surface area contributed by atoms with Crippen molar-refractivity contribution in [2.24, 2.45) is 11.7 Å². The molecule has 0 aliphatic heterocycles. The number of anilines is 1. The highest BCUT2D eigenvalue weighted by molar-refractivity contribution is 6.29. The van der Waals surface area contributed by atoms with Crippen LogP contribution in [0.3, 0.4) is 0 Å². The lowest BCUT2D eigenvalue weighted by Gasteiger charge is -2.20. The van der Waals surface area contributed by atoms with Crippen molar-refractivity contribution in [2.45, 2.75) is 38.1 Å². The molecule has 3 N–H and O–H groups in total. The van der Waals surface area contributed by atoms with E-state index < -0.39 is 0 Å². The lowest BCUT2D eigenvalue weighted by molar-refractivity contribution is -0.120. The summed E-state index contributed by atoms with van der Waals surface area (Å²) in [5.41, 5.74) is 6.74. The van der Waals surface area contributed by atoms with Gasteiger partial charge in [0.1, 0.15) is 5.15 Å². The molecular weight excluding hydrogens is 250 g/mol. The molecule has 0 radical (unpaired) electrons. The Balaban J connectivity index is 2.02. The SMILES string of the molecule is NC1CCCCCC1C(=O)Nc1ccnc(Cl)c1. The van der Waals surface area contributed by atoms with E-state index in [0.717, 1.165) is 25.7 Å². The van der Waals surface area contributed by atoms with Crippen LogP contribution >= 0.6 is 11.6 Å². The monoisotopic (exact) mass is 267 g/mol. The molecule has 4 nitrogen and oxygen atoms in total. The molecule has 2 atom stereocenters. The van der Waals surface area contributed by atoms with E-state index in [2.05, 4.69) is 10.3 Å². The number of hydrogen-bond donors (Lipinski definition) is 2. The number of nitrogens with one attached hydrogen (secondary N) is 1. The second-order valence-electron chi connectivity index (χ2n) is 4.76. The van der Waals surface area contributed by atoms with Gasteiger partial charge in [0.05, 0.1) is 5.92 Å². The molecule has 0 spiro atoms. The van der Waals surface area contributed by atoms with Crippen LogP contribution in [0.5, 0.6) is 0 Å². The number of halogens is 1. The number of pyridine rings is 1. The largest absolute Gasteiger partial charge is 0.327 e. The summed E-state index contributed by atoms with van der Waals surface area (Å²) in [7, 11) is 0. The van der Waals surface area contributed by atoms with Crippen LogP contribution in [0.2, 0.25) is 5.15 Å². The first kappa shape index (κ1) is 13.3. The van der Waals surface area contributed by atoms with Crippen LogP contribution in [0.15, 0.2) is 18.3 Å². The van der Waals surface area contributed by atoms with Gasteiger partial charge in [-0.3, -0.25) is 4.79 Å². The molecule has 98 valence electrons. The normalized spacial score (nSPS) is 24.3. The maximum Gasteiger partial charge on any atom is 0.229 e. The van der Waals surface area contributed by atoms with Crippen molar-refractivity contribution >= 4 is 23.2 Å². The van der Waals surface area contributed by atoms with Gasteiger partial charge in [0.2, 0.25) is 5.91 Å². The molecule has 0 bridgehead atoms. The van der Waals surface area contributed by atoms with Gasteiger partial charge in [-0.1, -0.05) is 30.9 Å². The van der Waals surface area contributed by atoms with Crippen molar-refractivity contribution in [3.8, 4) is 0 Å². The third kappa shape index (κ3) is 3.43. The summed E-state index contributed by atoms with van der Waals surface area (Å²) in [6.45, 7) is 0. The first-order valence-electron chi connectivity index (χ1n) is 6.35. The molecule has 1 amide bonds. The first-order chi connectivity index (χ1) is 8.66. The van der Waals surface area contributed by atoms with Crippen LogP contribution in [0, 0.1) is 5.92 Å². The van der Waals surface area contributed by atoms with Gasteiger partial charge in [-0.25, -0.2) is 4.98 Å². The minimum Gasteiger partial charge on any atom is -0.327 e. The van der Waals surface area contributed by atoms with Gasteiger partial charge in [0.15, 0.2) is 0 Å². The van der Waals surface area contributed by atoms with Crippen LogP contribution in [-0.2, 0) is 4.79 Å². The molecule has 1 fully saturated rings. The summed E-state index contributed by atoms with van der Waals surface area (Å²) in [6.07, 6.45) is 6.72. The third-order valence-electron chi connectivity index (χ3n) is 3.40. The Morgan fingerprint density at radius 1 is 1.39 bits per heavy atom. The summed E-state index contributed by atoms with van der Waals surface area (Å²) >= 11 is 5.78. The van der Waals surface area contributed by atoms with E-state index in [1.807, 2.05) is 0 Å².